The van der Waals surface area contributed by atoms with Gasteiger partial charge in [0.25, 0.3) is 0 Å². The molecule has 2 heterocycles. The highest BCUT2D eigenvalue weighted by Crippen LogP contribution is 2.14. The third-order valence-electron chi connectivity index (χ3n) is 2.85. The van der Waals surface area contributed by atoms with Gasteiger partial charge in [0.2, 0.25) is 0 Å². The summed E-state index contributed by atoms with van der Waals surface area (Å²) >= 11 is 0. The fourth-order valence-electron chi connectivity index (χ4n) is 2.05. The van der Waals surface area contributed by atoms with E-state index in [4.69, 9.17) is 0 Å². The molecule has 2 aromatic rings. The van der Waals surface area contributed by atoms with Crippen LogP contribution in [0.2, 0.25) is 0 Å². The van der Waals surface area contributed by atoms with Gasteiger partial charge in [-0.3, -0.25) is 4.98 Å². The van der Waals surface area contributed by atoms with Gasteiger partial charge >= 0.3 is 0 Å². The van der Waals surface area contributed by atoms with E-state index in [9.17, 15) is 0 Å². The Hall–Kier alpha value is -1.42. The molecule has 0 aromatic carbocycles. The Morgan fingerprint density at radius 2 is 2.24 bits per heavy atom. The van der Waals surface area contributed by atoms with Gasteiger partial charge in [-0.2, -0.15) is 0 Å². The largest absolute Gasteiger partial charge is 0.328 e. The first-order chi connectivity index (χ1) is 8.22. The van der Waals surface area contributed by atoms with E-state index in [0.29, 0.717) is 6.04 Å². The minimum absolute atomic E-state index is 0.524. The summed E-state index contributed by atoms with van der Waals surface area (Å²) in [5.41, 5.74) is 2.18. The Morgan fingerprint density at radius 1 is 1.41 bits per heavy atom. The van der Waals surface area contributed by atoms with Gasteiger partial charge in [-0.15, -0.1) is 0 Å². The first-order valence-corrected chi connectivity index (χ1v) is 6.25. The summed E-state index contributed by atoms with van der Waals surface area (Å²) < 4.78 is 2.26. The maximum Gasteiger partial charge on any atom is 0.111 e. The molecule has 0 aliphatic heterocycles. The Balaban J connectivity index is 2.21. The zero-order valence-corrected chi connectivity index (χ0v) is 10.8. The highest BCUT2D eigenvalue weighted by molar-refractivity contribution is 5.74. The predicted molar refractivity (Wildman–Crippen MR) is 70.0 cm³/mol. The van der Waals surface area contributed by atoms with Crippen LogP contribution in [-0.4, -0.2) is 27.1 Å². The molecule has 0 aliphatic rings. The number of hydrogen-bond donors (Lipinski definition) is 1. The smallest absolute Gasteiger partial charge is 0.111 e. The number of imidazole rings is 1. The van der Waals surface area contributed by atoms with Crippen molar-refractivity contribution in [3.05, 3.63) is 24.3 Å². The number of nitrogens with zero attached hydrogens (tertiary/aromatic N) is 3. The molecule has 2 rings (SSSR count). The van der Waals surface area contributed by atoms with E-state index in [2.05, 4.69) is 40.6 Å². The third kappa shape index (κ3) is 2.64. The Morgan fingerprint density at radius 3 is 2.94 bits per heavy atom. The van der Waals surface area contributed by atoms with Crippen LogP contribution in [0.3, 0.4) is 0 Å². The molecule has 0 spiro atoms. The minimum atomic E-state index is 0.524. The maximum atomic E-state index is 4.64. The zero-order chi connectivity index (χ0) is 12.3. The van der Waals surface area contributed by atoms with Crippen molar-refractivity contribution in [3.8, 4) is 0 Å². The SMILES string of the molecule is CCn1c(CCNC(C)C)nc2cnccc21. The molecule has 2 aromatic heterocycles. The summed E-state index contributed by atoms with van der Waals surface area (Å²) in [4.78, 5) is 8.76. The van der Waals surface area contributed by atoms with E-state index in [-0.39, 0.29) is 0 Å². The lowest BCUT2D eigenvalue weighted by Gasteiger charge is -2.09. The van der Waals surface area contributed by atoms with Crippen LogP contribution in [0.1, 0.15) is 26.6 Å². The van der Waals surface area contributed by atoms with Gasteiger partial charge in [-0.05, 0) is 13.0 Å². The zero-order valence-electron chi connectivity index (χ0n) is 10.8. The van der Waals surface area contributed by atoms with E-state index >= 15 is 0 Å². The van der Waals surface area contributed by atoms with Gasteiger partial charge in [0.05, 0.1) is 11.7 Å². The topological polar surface area (TPSA) is 42.7 Å². The molecule has 0 unspecified atom stereocenters. The van der Waals surface area contributed by atoms with Crippen molar-refractivity contribution in [2.24, 2.45) is 0 Å². The third-order valence-corrected chi connectivity index (χ3v) is 2.85. The first-order valence-electron chi connectivity index (χ1n) is 6.25. The minimum Gasteiger partial charge on any atom is -0.328 e. The van der Waals surface area contributed by atoms with Gasteiger partial charge in [-0.25, -0.2) is 4.98 Å². The lowest BCUT2D eigenvalue weighted by atomic mass is 10.3. The van der Waals surface area contributed by atoms with E-state index in [0.717, 1.165) is 30.9 Å². The normalized spacial score (nSPS) is 11.5. The molecule has 0 aliphatic carbocycles. The van der Waals surface area contributed by atoms with Gasteiger partial charge < -0.3 is 9.88 Å². The molecule has 1 N–H and O–H groups in total. The standard InChI is InChI=1S/C13H20N4/c1-4-17-12-5-7-14-9-11(12)16-13(17)6-8-15-10(2)3/h5,7,9-10,15H,4,6,8H2,1-3H3. The lowest BCUT2D eigenvalue weighted by Crippen LogP contribution is -2.25. The van der Waals surface area contributed by atoms with Crippen molar-refractivity contribution in [2.75, 3.05) is 6.54 Å². The van der Waals surface area contributed by atoms with Crippen LogP contribution in [-0.2, 0) is 13.0 Å². The van der Waals surface area contributed by atoms with Crippen LogP contribution in [0.15, 0.2) is 18.5 Å². The number of aryl methyl sites for hydroxylation is 1. The molecule has 92 valence electrons. The van der Waals surface area contributed by atoms with Crippen LogP contribution in [0.4, 0.5) is 0 Å². The molecular formula is C13H20N4. The molecule has 0 saturated heterocycles. The molecule has 0 atom stereocenters. The second kappa shape index (κ2) is 5.27. The van der Waals surface area contributed by atoms with Crippen molar-refractivity contribution in [3.63, 3.8) is 0 Å². The molecule has 0 saturated carbocycles. The number of rotatable bonds is 5. The monoisotopic (exact) mass is 232 g/mol. The fourth-order valence-corrected chi connectivity index (χ4v) is 2.05. The molecular weight excluding hydrogens is 212 g/mol. The molecule has 0 fully saturated rings. The number of pyridine rings is 1. The van der Waals surface area contributed by atoms with Crippen LogP contribution in [0.25, 0.3) is 11.0 Å². The number of hydrogen-bond acceptors (Lipinski definition) is 3. The summed E-state index contributed by atoms with van der Waals surface area (Å²) in [5, 5.41) is 3.42. The Kier molecular flexibility index (Phi) is 3.74. The average molecular weight is 232 g/mol. The lowest BCUT2D eigenvalue weighted by molar-refractivity contribution is 0.573. The van der Waals surface area contributed by atoms with E-state index in [1.165, 1.54) is 5.52 Å². The number of fused-ring (bicyclic) bond motifs is 1. The van der Waals surface area contributed by atoms with Crippen molar-refractivity contribution < 1.29 is 0 Å². The summed E-state index contributed by atoms with van der Waals surface area (Å²) in [6, 6.07) is 2.56. The highest BCUT2D eigenvalue weighted by Gasteiger charge is 2.08. The quantitative estimate of drug-likeness (QED) is 0.857. The van der Waals surface area contributed by atoms with Crippen LogP contribution >= 0.6 is 0 Å². The molecule has 4 heteroatoms. The summed E-state index contributed by atoms with van der Waals surface area (Å²) in [6.07, 6.45) is 4.62. The van der Waals surface area contributed by atoms with Crippen LogP contribution < -0.4 is 5.32 Å². The van der Waals surface area contributed by atoms with Crippen molar-refractivity contribution in [1.29, 1.82) is 0 Å². The van der Waals surface area contributed by atoms with Crippen molar-refractivity contribution >= 4 is 11.0 Å². The van der Waals surface area contributed by atoms with Gasteiger partial charge in [-0.1, -0.05) is 13.8 Å². The molecule has 17 heavy (non-hydrogen) atoms. The molecule has 0 bridgehead atoms. The highest BCUT2D eigenvalue weighted by atomic mass is 15.1. The average Bonchev–Trinajstić information content (AvgIpc) is 2.66. The second-order valence-electron chi connectivity index (χ2n) is 4.50. The van der Waals surface area contributed by atoms with E-state index < -0.39 is 0 Å². The fraction of sp³-hybridized carbons (Fsp3) is 0.538. The van der Waals surface area contributed by atoms with Crippen LogP contribution in [0.5, 0.6) is 0 Å². The molecule has 0 radical (unpaired) electrons. The second-order valence-corrected chi connectivity index (χ2v) is 4.50. The summed E-state index contributed by atoms with van der Waals surface area (Å²) in [5.74, 6) is 1.14. The van der Waals surface area contributed by atoms with Crippen molar-refractivity contribution in [2.45, 2.75) is 39.8 Å². The number of aromatic nitrogens is 3. The van der Waals surface area contributed by atoms with E-state index in [1.807, 2.05) is 18.5 Å². The van der Waals surface area contributed by atoms with Crippen molar-refractivity contribution in [1.82, 2.24) is 19.9 Å². The molecule has 4 nitrogen and oxygen atoms in total. The maximum absolute atomic E-state index is 4.64. The first kappa shape index (κ1) is 12.0. The van der Waals surface area contributed by atoms with Crippen LogP contribution in [0, 0.1) is 0 Å². The number of nitrogens with one attached hydrogen (secondary N) is 1. The Labute approximate surface area is 102 Å². The van der Waals surface area contributed by atoms with Gasteiger partial charge in [0, 0.05) is 31.7 Å². The van der Waals surface area contributed by atoms with E-state index in [1.54, 1.807) is 0 Å². The summed E-state index contributed by atoms with van der Waals surface area (Å²) in [6.45, 7) is 8.40. The van der Waals surface area contributed by atoms with Gasteiger partial charge in [0.1, 0.15) is 11.3 Å². The summed E-state index contributed by atoms with van der Waals surface area (Å²) in [7, 11) is 0. The molecule has 0 amide bonds. The Bertz CT molecular complexity index is 487. The van der Waals surface area contributed by atoms with Gasteiger partial charge in [0.15, 0.2) is 0 Å². The predicted octanol–water partition coefficient (Wildman–Crippen LogP) is 1.99.